The van der Waals surface area contributed by atoms with Crippen LogP contribution in [0.3, 0.4) is 0 Å². The molecule has 0 unspecified atom stereocenters. The minimum absolute atomic E-state index is 0.0523. The molecule has 4 saturated carbocycles. The fourth-order valence-electron chi connectivity index (χ4n) is 7.48. The van der Waals surface area contributed by atoms with Gasteiger partial charge in [0.15, 0.2) is 0 Å². The van der Waals surface area contributed by atoms with Gasteiger partial charge >= 0.3 is 0 Å². The maximum atomic E-state index is 13.1. The SMILES string of the molecule is O=C(CC12CC3CC(CC(C3)C1)C2)Nn1nc(-c2ccccc2)c2c(c1=O)CCC2. The minimum atomic E-state index is -0.152. The van der Waals surface area contributed by atoms with Gasteiger partial charge in [0.1, 0.15) is 0 Å². The maximum Gasteiger partial charge on any atom is 0.289 e. The zero-order valence-corrected chi connectivity index (χ0v) is 17.4. The molecule has 5 heteroatoms. The molecule has 0 radical (unpaired) electrons. The van der Waals surface area contributed by atoms with Gasteiger partial charge in [0.05, 0.1) is 5.69 Å². The van der Waals surface area contributed by atoms with Crippen molar-refractivity contribution >= 4 is 5.91 Å². The van der Waals surface area contributed by atoms with Crippen molar-refractivity contribution in [1.29, 1.82) is 0 Å². The van der Waals surface area contributed by atoms with Gasteiger partial charge in [0.25, 0.3) is 5.56 Å². The molecule has 4 bridgehead atoms. The highest BCUT2D eigenvalue weighted by Crippen LogP contribution is 2.61. The van der Waals surface area contributed by atoms with E-state index in [0.29, 0.717) is 6.42 Å². The van der Waals surface area contributed by atoms with Gasteiger partial charge in [-0.3, -0.25) is 9.59 Å². The molecule has 5 aliphatic rings. The molecule has 1 aromatic heterocycles. The van der Waals surface area contributed by atoms with Crippen molar-refractivity contribution in [2.75, 3.05) is 5.43 Å². The summed E-state index contributed by atoms with van der Waals surface area (Å²) >= 11 is 0. The Balaban J connectivity index is 1.29. The van der Waals surface area contributed by atoms with E-state index in [0.717, 1.165) is 59.4 Å². The molecule has 2 aromatic rings. The number of hydrogen-bond donors (Lipinski definition) is 1. The van der Waals surface area contributed by atoms with Gasteiger partial charge in [0, 0.05) is 17.5 Å². The third kappa shape index (κ3) is 3.01. The van der Waals surface area contributed by atoms with Gasteiger partial charge in [0.2, 0.25) is 5.91 Å². The fourth-order valence-corrected chi connectivity index (χ4v) is 7.48. The van der Waals surface area contributed by atoms with Gasteiger partial charge in [-0.15, -0.1) is 9.89 Å². The number of rotatable bonds is 4. The van der Waals surface area contributed by atoms with E-state index in [1.807, 2.05) is 30.3 Å². The Hall–Kier alpha value is -2.43. The average Bonchev–Trinajstić information content (AvgIpc) is 3.19. The van der Waals surface area contributed by atoms with Crippen molar-refractivity contribution < 1.29 is 4.79 Å². The lowest BCUT2D eigenvalue weighted by Gasteiger charge is -2.56. The second-order valence-electron chi connectivity index (χ2n) is 10.4. The van der Waals surface area contributed by atoms with Crippen molar-refractivity contribution in [1.82, 2.24) is 9.89 Å². The van der Waals surface area contributed by atoms with Crippen LogP contribution in [0.2, 0.25) is 0 Å². The Labute approximate surface area is 176 Å². The summed E-state index contributed by atoms with van der Waals surface area (Å²) in [6.45, 7) is 0. The van der Waals surface area contributed by atoms with Crippen molar-refractivity contribution in [2.45, 2.75) is 64.2 Å². The van der Waals surface area contributed by atoms with E-state index in [4.69, 9.17) is 0 Å². The van der Waals surface area contributed by atoms with Crippen LogP contribution in [-0.2, 0) is 17.6 Å². The van der Waals surface area contributed by atoms with Crippen LogP contribution in [0.1, 0.15) is 62.5 Å². The Kier molecular flexibility index (Phi) is 4.15. The molecule has 1 amide bonds. The van der Waals surface area contributed by atoms with Crippen LogP contribution in [0.5, 0.6) is 0 Å². The molecule has 156 valence electrons. The first-order valence-electron chi connectivity index (χ1n) is 11.6. The zero-order valence-electron chi connectivity index (χ0n) is 17.4. The first-order valence-corrected chi connectivity index (χ1v) is 11.6. The predicted molar refractivity (Wildman–Crippen MR) is 116 cm³/mol. The monoisotopic (exact) mass is 403 g/mol. The molecular weight excluding hydrogens is 374 g/mol. The van der Waals surface area contributed by atoms with E-state index < -0.39 is 0 Å². The van der Waals surface area contributed by atoms with E-state index in [-0.39, 0.29) is 16.9 Å². The summed E-state index contributed by atoms with van der Waals surface area (Å²) in [4.78, 5) is 27.3. The van der Waals surface area contributed by atoms with Gasteiger partial charge < -0.3 is 0 Å². The normalized spacial score (nSPS) is 31.0. The number of hydrogen-bond acceptors (Lipinski definition) is 3. The highest BCUT2D eigenvalue weighted by Gasteiger charge is 2.51. The Morgan fingerprint density at radius 2 is 1.63 bits per heavy atom. The van der Waals surface area contributed by atoms with Crippen LogP contribution in [0.4, 0.5) is 0 Å². The molecule has 30 heavy (non-hydrogen) atoms. The van der Waals surface area contributed by atoms with Gasteiger partial charge in [-0.25, -0.2) is 5.43 Å². The summed E-state index contributed by atoms with van der Waals surface area (Å²) in [6.07, 6.45) is 10.8. The smallest absolute Gasteiger partial charge is 0.273 e. The number of nitrogens with one attached hydrogen (secondary N) is 1. The first kappa shape index (κ1) is 18.3. The molecule has 1 heterocycles. The van der Waals surface area contributed by atoms with Gasteiger partial charge in [-0.1, -0.05) is 30.3 Å². The van der Waals surface area contributed by atoms with Crippen LogP contribution in [0.25, 0.3) is 11.3 Å². The van der Waals surface area contributed by atoms with E-state index in [1.165, 1.54) is 43.3 Å². The zero-order chi connectivity index (χ0) is 20.3. The molecule has 0 atom stereocenters. The summed E-state index contributed by atoms with van der Waals surface area (Å²) in [5, 5.41) is 4.62. The summed E-state index contributed by atoms with van der Waals surface area (Å²) in [5.74, 6) is 2.39. The lowest BCUT2D eigenvalue weighted by molar-refractivity contribution is -0.125. The van der Waals surface area contributed by atoms with Crippen molar-refractivity contribution in [3.8, 4) is 11.3 Å². The van der Waals surface area contributed by atoms with Crippen molar-refractivity contribution in [3.05, 3.63) is 51.8 Å². The second kappa shape index (κ2) is 6.79. The molecular formula is C25H29N3O2. The summed E-state index contributed by atoms with van der Waals surface area (Å²) in [6, 6.07) is 9.99. The first-order chi connectivity index (χ1) is 14.6. The molecule has 1 aromatic carbocycles. The number of benzene rings is 1. The summed E-state index contributed by atoms with van der Waals surface area (Å²) in [7, 11) is 0. The van der Waals surface area contributed by atoms with Crippen LogP contribution >= 0.6 is 0 Å². The van der Waals surface area contributed by atoms with Crippen LogP contribution in [-0.4, -0.2) is 15.8 Å². The summed E-state index contributed by atoms with van der Waals surface area (Å²) < 4.78 is 0. The molecule has 7 rings (SSSR count). The topological polar surface area (TPSA) is 64.0 Å². The second-order valence-corrected chi connectivity index (χ2v) is 10.4. The fraction of sp³-hybridized carbons (Fsp3) is 0.560. The van der Waals surface area contributed by atoms with Crippen molar-refractivity contribution in [2.24, 2.45) is 23.2 Å². The number of fused-ring (bicyclic) bond motifs is 1. The third-order valence-electron chi connectivity index (χ3n) is 8.13. The molecule has 5 aliphatic carbocycles. The predicted octanol–water partition coefficient (Wildman–Crippen LogP) is 4.08. The van der Waals surface area contributed by atoms with E-state index >= 15 is 0 Å². The van der Waals surface area contributed by atoms with Gasteiger partial charge in [-0.2, -0.15) is 0 Å². The molecule has 4 fully saturated rings. The van der Waals surface area contributed by atoms with Crippen LogP contribution in [0, 0.1) is 23.2 Å². The van der Waals surface area contributed by atoms with Crippen molar-refractivity contribution in [3.63, 3.8) is 0 Å². The van der Waals surface area contributed by atoms with E-state index in [9.17, 15) is 9.59 Å². The molecule has 0 saturated heterocycles. The average molecular weight is 404 g/mol. The number of nitrogens with zero attached hydrogens (tertiary/aromatic N) is 2. The Bertz CT molecular complexity index is 1020. The van der Waals surface area contributed by atoms with Crippen LogP contribution < -0.4 is 11.0 Å². The molecule has 5 nitrogen and oxygen atoms in total. The maximum absolute atomic E-state index is 13.1. The van der Waals surface area contributed by atoms with E-state index in [1.54, 1.807) is 0 Å². The standard InChI is InChI=1S/C25H29N3O2/c29-22(15-25-12-16-9-17(13-25)11-18(10-16)14-25)26-28-24(30)21-8-4-7-20(21)23(27-28)19-5-2-1-3-6-19/h1-3,5-6,16-18H,4,7-15H2,(H,26,29). The number of carbonyl (C=O) groups is 1. The molecule has 0 spiro atoms. The highest BCUT2D eigenvalue weighted by molar-refractivity contribution is 5.84. The third-order valence-corrected chi connectivity index (χ3v) is 8.13. The highest BCUT2D eigenvalue weighted by atomic mass is 16.2. The summed E-state index contributed by atoms with van der Waals surface area (Å²) in [5.41, 5.74) is 6.58. The Morgan fingerprint density at radius 3 is 2.30 bits per heavy atom. The van der Waals surface area contributed by atoms with Gasteiger partial charge in [-0.05, 0) is 86.5 Å². The minimum Gasteiger partial charge on any atom is -0.273 e. The number of amides is 1. The lowest BCUT2D eigenvalue weighted by Crippen LogP contribution is -2.48. The Morgan fingerprint density at radius 1 is 1.00 bits per heavy atom. The largest absolute Gasteiger partial charge is 0.289 e. The van der Waals surface area contributed by atoms with Crippen LogP contribution in [0.15, 0.2) is 35.1 Å². The van der Waals surface area contributed by atoms with E-state index in [2.05, 4.69) is 10.5 Å². The quantitative estimate of drug-likeness (QED) is 0.837. The molecule has 0 aliphatic heterocycles. The molecule has 1 N–H and O–H groups in total. The lowest BCUT2D eigenvalue weighted by atomic mass is 9.49. The number of aromatic nitrogens is 2. The number of carbonyl (C=O) groups excluding carboxylic acids is 1.